The zero-order valence-electron chi connectivity index (χ0n) is 20.9. The van der Waals surface area contributed by atoms with Gasteiger partial charge in [-0.05, 0) is 38.1 Å². The number of fused-ring (bicyclic) bond motifs is 1. The largest absolute Gasteiger partial charge is 0.488 e. The number of carbonyl (C=O) groups excluding carboxylic acids is 1. The number of rotatable bonds is 5. The van der Waals surface area contributed by atoms with Crippen LogP contribution in [0.1, 0.15) is 77.4 Å². The van der Waals surface area contributed by atoms with E-state index in [1.165, 1.54) is 0 Å². The average Bonchev–Trinajstić information content (AvgIpc) is 3.30. The summed E-state index contributed by atoms with van der Waals surface area (Å²) in [5.74, 6) is -0.603. The van der Waals surface area contributed by atoms with Crippen molar-refractivity contribution < 1.29 is 19.0 Å². The number of carbonyl (C=O) groups is 1. The second-order valence-electron chi connectivity index (χ2n) is 7.58. The van der Waals surface area contributed by atoms with E-state index in [0.29, 0.717) is 17.1 Å². The van der Waals surface area contributed by atoms with Crippen LogP contribution < -0.4 is 9.47 Å². The average molecular weight is 454 g/mol. The molecule has 7 nitrogen and oxygen atoms in total. The van der Waals surface area contributed by atoms with E-state index >= 15 is 0 Å². The topological polar surface area (TPSA) is 75.5 Å². The summed E-state index contributed by atoms with van der Waals surface area (Å²) in [7, 11) is 0. The van der Waals surface area contributed by atoms with Gasteiger partial charge in [-0.3, -0.25) is 9.67 Å². The molecular formula is C26H35N3O4. The Balaban J connectivity index is 0.000000914. The number of benzene rings is 1. The molecule has 178 valence electrons. The van der Waals surface area contributed by atoms with Crippen LogP contribution >= 0.6 is 0 Å². The molecule has 1 aliphatic rings. The van der Waals surface area contributed by atoms with Gasteiger partial charge in [-0.15, -0.1) is 0 Å². The third kappa shape index (κ3) is 5.92. The highest BCUT2D eigenvalue weighted by Gasteiger charge is 2.36. The van der Waals surface area contributed by atoms with Gasteiger partial charge in [-0.2, -0.15) is 5.10 Å². The second-order valence-corrected chi connectivity index (χ2v) is 7.58. The minimum absolute atomic E-state index is 0.201. The molecule has 0 aliphatic carbocycles. The summed E-state index contributed by atoms with van der Waals surface area (Å²) >= 11 is 0. The molecule has 1 aromatic carbocycles. The van der Waals surface area contributed by atoms with Gasteiger partial charge in [-0.1, -0.05) is 39.8 Å². The monoisotopic (exact) mass is 453 g/mol. The Labute approximate surface area is 196 Å². The normalized spacial score (nSPS) is 13.4. The zero-order valence-corrected chi connectivity index (χ0v) is 20.9. The van der Waals surface area contributed by atoms with E-state index in [1.807, 2.05) is 50.6 Å². The van der Waals surface area contributed by atoms with E-state index in [-0.39, 0.29) is 12.6 Å². The van der Waals surface area contributed by atoms with Gasteiger partial charge in [0.1, 0.15) is 23.7 Å². The Morgan fingerprint density at radius 2 is 1.73 bits per heavy atom. The predicted molar refractivity (Wildman–Crippen MR) is 129 cm³/mol. The molecule has 0 saturated heterocycles. The molecule has 0 radical (unpaired) electrons. The summed E-state index contributed by atoms with van der Waals surface area (Å²) in [5, 5.41) is 4.39. The minimum Gasteiger partial charge on any atom is -0.488 e. The van der Waals surface area contributed by atoms with Crippen LogP contribution in [0.3, 0.4) is 0 Å². The Bertz CT molecular complexity index is 1060. The maximum atomic E-state index is 12.5. The first-order valence-electron chi connectivity index (χ1n) is 11.5. The highest BCUT2D eigenvalue weighted by molar-refractivity contribution is 5.96. The van der Waals surface area contributed by atoms with Crippen molar-refractivity contribution >= 4 is 5.97 Å². The molecular weight excluding hydrogens is 418 g/mol. The number of ether oxygens (including phenoxy) is 3. The first kappa shape index (κ1) is 25.9. The molecule has 0 N–H and O–H groups in total. The Morgan fingerprint density at radius 1 is 1.00 bits per heavy atom. The first-order chi connectivity index (χ1) is 15.9. The number of esters is 1. The van der Waals surface area contributed by atoms with Gasteiger partial charge >= 0.3 is 5.97 Å². The third-order valence-corrected chi connectivity index (χ3v) is 4.56. The van der Waals surface area contributed by atoms with Crippen molar-refractivity contribution in [3.63, 3.8) is 0 Å². The fourth-order valence-electron chi connectivity index (χ4n) is 3.33. The highest BCUT2D eigenvalue weighted by Crippen LogP contribution is 2.37. The van der Waals surface area contributed by atoms with E-state index in [2.05, 4.69) is 23.9 Å². The molecule has 2 aromatic heterocycles. The van der Waals surface area contributed by atoms with Crippen molar-refractivity contribution in [1.82, 2.24) is 14.8 Å². The highest BCUT2D eigenvalue weighted by atomic mass is 16.7. The summed E-state index contributed by atoms with van der Waals surface area (Å²) < 4.78 is 19.1. The molecule has 0 fully saturated rings. The van der Waals surface area contributed by atoms with E-state index in [0.717, 1.165) is 17.0 Å². The third-order valence-electron chi connectivity index (χ3n) is 4.56. The van der Waals surface area contributed by atoms with Gasteiger partial charge < -0.3 is 14.2 Å². The van der Waals surface area contributed by atoms with Crippen LogP contribution in [0.4, 0.5) is 0 Å². The molecule has 0 saturated carbocycles. The Morgan fingerprint density at radius 3 is 2.42 bits per heavy atom. The lowest BCUT2D eigenvalue weighted by Crippen LogP contribution is -2.39. The molecule has 0 amide bonds. The van der Waals surface area contributed by atoms with Gasteiger partial charge in [0.25, 0.3) is 0 Å². The molecule has 0 bridgehead atoms. The maximum absolute atomic E-state index is 12.5. The fourth-order valence-corrected chi connectivity index (χ4v) is 3.33. The van der Waals surface area contributed by atoms with Crippen LogP contribution in [-0.2, 0) is 11.3 Å². The van der Waals surface area contributed by atoms with Crippen LogP contribution in [0, 0.1) is 0 Å². The van der Waals surface area contributed by atoms with Crippen LogP contribution in [0.2, 0.25) is 0 Å². The Hall–Kier alpha value is -3.35. The van der Waals surface area contributed by atoms with Gasteiger partial charge in [0, 0.05) is 37.8 Å². The molecule has 3 heterocycles. The van der Waals surface area contributed by atoms with Crippen molar-refractivity contribution in [2.24, 2.45) is 0 Å². The number of hydrogen-bond acceptors (Lipinski definition) is 6. The summed E-state index contributed by atoms with van der Waals surface area (Å²) in [6.45, 7) is 15.8. The minimum atomic E-state index is -1.01. The van der Waals surface area contributed by atoms with Gasteiger partial charge in [-0.25, -0.2) is 4.79 Å². The zero-order chi connectivity index (χ0) is 24.6. The number of cyclic esters (lactones) is 1. The predicted octanol–water partition coefficient (Wildman–Crippen LogP) is 6.44. The van der Waals surface area contributed by atoms with Crippen LogP contribution in [-0.4, -0.2) is 26.5 Å². The summed E-state index contributed by atoms with van der Waals surface area (Å²) in [6, 6.07) is 11.2. The van der Waals surface area contributed by atoms with E-state index < -0.39 is 11.8 Å². The molecule has 0 unspecified atom stereocenters. The molecule has 7 heteroatoms. The summed E-state index contributed by atoms with van der Waals surface area (Å²) in [4.78, 5) is 17.0. The molecule has 1 aliphatic heterocycles. The number of nitrogens with zero attached hydrogens (tertiary/aromatic N) is 3. The quantitative estimate of drug-likeness (QED) is 0.414. The standard InChI is InChI=1S/C22H23N3O4.2C2H6/c1-14(2)25-16(10-12-24-25)20-15(7-6-11-23-20)13-27-17-8-5-9-18-19(17)21(26)29-22(3,4)28-18;2*1-2/h5-12,14H,13H2,1-4H3;2*1-2H3. The molecule has 4 rings (SSSR count). The molecule has 33 heavy (non-hydrogen) atoms. The van der Waals surface area contributed by atoms with Crippen molar-refractivity contribution in [1.29, 1.82) is 0 Å². The lowest BCUT2D eigenvalue weighted by molar-refractivity contribution is -0.127. The fraction of sp³-hybridized carbons (Fsp3) is 0.423. The lowest BCUT2D eigenvalue weighted by Gasteiger charge is -2.32. The van der Waals surface area contributed by atoms with Crippen molar-refractivity contribution in [3.8, 4) is 22.9 Å². The van der Waals surface area contributed by atoms with Crippen LogP contribution in [0.15, 0.2) is 48.8 Å². The van der Waals surface area contributed by atoms with Gasteiger partial charge in [0.05, 0.1) is 11.4 Å². The second kappa shape index (κ2) is 11.5. The number of aromatic nitrogens is 3. The van der Waals surface area contributed by atoms with Crippen molar-refractivity contribution in [2.75, 3.05) is 0 Å². The maximum Gasteiger partial charge on any atom is 0.349 e. The van der Waals surface area contributed by atoms with Crippen LogP contribution in [0.25, 0.3) is 11.4 Å². The SMILES string of the molecule is CC.CC.CC(C)n1nccc1-c1ncccc1COc1cccc2c1C(=O)OC(C)(C)O2. The van der Waals surface area contributed by atoms with Crippen molar-refractivity contribution in [2.45, 2.75) is 73.8 Å². The van der Waals surface area contributed by atoms with Gasteiger partial charge in [0.2, 0.25) is 5.79 Å². The summed E-state index contributed by atoms with van der Waals surface area (Å²) in [6.07, 6.45) is 3.51. The van der Waals surface area contributed by atoms with E-state index in [1.54, 1.807) is 44.4 Å². The molecule has 0 atom stereocenters. The Kier molecular flexibility index (Phi) is 9.02. The molecule has 3 aromatic rings. The first-order valence-corrected chi connectivity index (χ1v) is 11.5. The molecule has 0 spiro atoms. The number of pyridine rings is 1. The van der Waals surface area contributed by atoms with Crippen molar-refractivity contribution in [3.05, 3.63) is 59.9 Å². The van der Waals surface area contributed by atoms with Gasteiger partial charge in [0.15, 0.2) is 0 Å². The lowest BCUT2D eigenvalue weighted by atomic mass is 10.1. The van der Waals surface area contributed by atoms with Crippen LogP contribution in [0.5, 0.6) is 11.5 Å². The van der Waals surface area contributed by atoms with E-state index in [9.17, 15) is 4.79 Å². The smallest absolute Gasteiger partial charge is 0.349 e. The number of hydrogen-bond donors (Lipinski definition) is 0. The van der Waals surface area contributed by atoms with E-state index in [4.69, 9.17) is 14.2 Å². The summed E-state index contributed by atoms with van der Waals surface area (Å²) in [5.41, 5.74) is 2.89.